The number of nitrogens with two attached hydrogens (primary N) is 2. The lowest BCUT2D eigenvalue weighted by Crippen LogP contribution is -2.48. The van der Waals surface area contributed by atoms with Crippen LogP contribution in [-0.4, -0.2) is 20.8 Å². The summed E-state index contributed by atoms with van der Waals surface area (Å²) < 4.78 is 7.80. The molecule has 0 radical (unpaired) electrons. The number of carbonyl (C=O) groups excluding carboxylic acids is 1. The van der Waals surface area contributed by atoms with Gasteiger partial charge in [0.1, 0.15) is 6.61 Å². The van der Waals surface area contributed by atoms with Gasteiger partial charge in [-0.15, -0.1) is 0 Å². The molecule has 0 saturated carbocycles. The Kier molecular flexibility index (Phi) is 5.81. The average molecular weight is 395 g/mol. The molecule has 0 atom stereocenters. The van der Waals surface area contributed by atoms with Crippen molar-refractivity contribution in [2.75, 3.05) is 5.01 Å². The van der Waals surface area contributed by atoms with Crippen LogP contribution < -0.4 is 26.9 Å². The number of hydrogen-bond donors (Lipinski definition) is 3. The number of pyridine rings is 1. The average Bonchev–Trinajstić information content (AvgIpc) is 3.13. The highest BCUT2D eigenvalue weighted by atomic mass is 16.5. The largest absolute Gasteiger partial charge is 0.472 e. The Morgan fingerprint density at radius 3 is 2.62 bits per heavy atom. The molecule has 3 rings (SSSR count). The van der Waals surface area contributed by atoms with Crippen LogP contribution in [0.15, 0.2) is 36.5 Å². The molecule has 3 aromatic rings. The van der Waals surface area contributed by atoms with E-state index in [0.717, 1.165) is 38.8 Å². The van der Waals surface area contributed by atoms with Crippen molar-refractivity contribution in [3.05, 3.63) is 64.6 Å². The van der Waals surface area contributed by atoms with Crippen molar-refractivity contribution in [2.24, 2.45) is 11.7 Å². The van der Waals surface area contributed by atoms with Gasteiger partial charge in [0.25, 0.3) is 0 Å². The topological polar surface area (TPSA) is 124 Å². The number of carbonyl (C=O) groups is 1. The summed E-state index contributed by atoms with van der Waals surface area (Å²) in [7, 11) is 0. The Morgan fingerprint density at radius 1 is 1.21 bits per heavy atom. The standard InChI is InChI=1S/C20H25N7O2/c1-12-6-5-7-17(27(22)20(28)24-21)16(12)11-29-19-13(2)10-18(15(4)23-19)26-9-8-14(3)25-26/h5-10H,11,21-22H2,1-4H3,(H,24,28). The first kappa shape index (κ1) is 20.3. The molecule has 0 fully saturated rings. The van der Waals surface area contributed by atoms with Crippen LogP contribution in [0.3, 0.4) is 0 Å². The number of urea groups is 1. The van der Waals surface area contributed by atoms with E-state index in [2.05, 4.69) is 10.1 Å². The third-order valence-electron chi connectivity index (χ3n) is 4.64. The van der Waals surface area contributed by atoms with E-state index in [9.17, 15) is 4.79 Å². The molecule has 0 aliphatic heterocycles. The molecule has 0 aliphatic carbocycles. The Morgan fingerprint density at radius 2 is 1.97 bits per heavy atom. The Hall–Kier alpha value is -3.43. The number of amides is 2. The summed E-state index contributed by atoms with van der Waals surface area (Å²) in [5.74, 6) is 11.6. The molecule has 29 heavy (non-hydrogen) atoms. The number of hydrazine groups is 2. The molecular weight excluding hydrogens is 370 g/mol. The molecule has 2 heterocycles. The zero-order valence-corrected chi connectivity index (χ0v) is 16.9. The zero-order valence-electron chi connectivity index (χ0n) is 16.9. The van der Waals surface area contributed by atoms with Crippen molar-refractivity contribution < 1.29 is 9.53 Å². The van der Waals surface area contributed by atoms with Crippen LogP contribution in [0, 0.1) is 27.7 Å². The summed E-state index contributed by atoms with van der Waals surface area (Å²) in [5, 5.41) is 5.40. The summed E-state index contributed by atoms with van der Waals surface area (Å²) in [4.78, 5) is 16.4. The maximum Gasteiger partial charge on any atom is 0.350 e. The highest BCUT2D eigenvalue weighted by molar-refractivity contribution is 5.91. The van der Waals surface area contributed by atoms with Crippen molar-refractivity contribution in [1.82, 2.24) is 20.2 Å². The van der Waals surface area contributed by atoms with Crippen LogP contribution in [0.25, 0.3) is 5.69 Å². The number of hydrogen-bond acceptors (Lipinski definition) is 6. The lowest BCUT2D eigenvalue weighted by Gasteiger charge is -2.21. The molecule has 1 aromatic carbocycles. The van der Waals surface area contributed by atoms with Gasteiger partial charge in [-0.05, 0) is 51.5 Å². The number of ether oxygens (including phenoxy) is 1. The first-order chi connectivity index (χ1) is 13.8. The fourth-order valence-electron chi connectivity index (χ4n) is 3.02. The van der Waals surface area contributed by atoms with E-state index in [1.165, 1.54) is 0 Å². The maximum atomic E-state index is 11.8. The quantitative estimate of drug-likeness (QED) is 0.346. The SMILES string of the molecule is Cc1ccn(-c2cc(C)c(OCc3c(C)cccc3N(N)C(=O)NN)nc2C)n1. The minimum absolute atomic E-state index is 0.195. The van der Waals surface area contributed by atoms with Crippen LogP contribution in [0.1, 0.15) is 28.1 Å². The Bertz CT molecular complexity index is 1050. The van der Waals surface area contributed by atoms with Gasteiger partial charge in [-0.3, -0.25) is 5.43 Å². The highest BCUT2D eigenvalue weighted by Crippen LogP contribution is 2.26. The van der Waals surface area contributed by atoms with Gasteiger partial charge in [-0.25, -0.2) is 31.2 Å². The monoisotopic (exact) mass is 395 g/mol. The first-order valence-corrected chi connectivity index (χ1v) is 9.09. The molecule has 2 aromatic heterocycles. The van der Waals surface area contributed by atoms with Gasteiger partial charge >= 0.3 is 6.03 Å². The third kappa shape index (κ3) is 4.20. The number of benzene rings is 1. The molecule has 5 N–H and O–H groups in total. The normalized spacial score (nSPS) is 10.7. The second-order valence-electron chi connectivity index (χ2n) is 6.80. The number of nitrogens with zero attached hydrogens (tertiary/aromatic N) is 4. The summed E-state index contributed by atoms with van der Waals surface area (Å²) in [5.41, 5.74) is 7.72. The minimum atomic E-state index is -0.624. The second kappa shape index (κ2) is 8.29. The summed E-state index contributed by atoms with van der Waals surface area (Å²) in [6.07, 6.45) is 1.90. The first-order valence-electron chi connectivity index (χ1n) is 9.09. The van der Waals surface area contributed by atoms with Gasteiger partial charge in [0, 0.05) is 17.3 Å². The fraction of sp³-hybridized carbons (Fsp3) is 0.250. The van der Waals surface area contributed by atoms with Gasteiger partial charge in [0.05, 0.1) is 22.8 Å². The molecule has 0 unspecified atom stereocenters. The zero-order chi connectivity index (χ0) is 21.1. The Balaban J connectivity index is 1.87. The van der Waals surface area contributed by atoms with Crippen LogP contribution in [-0.2, 0) is 6.61 Å². The van der Waals surface area contributed by atoms with Crippen molar-refractivity contribution in [2.45, 2.75) is 34.3 Å². The number of aromatic nitrogens is 3. The Labute approximate surface area is 169 Å². The molecular formula is C20H25N7O2. The van der Waals surface area contributed by atoms with Crippen molar-refractivity contribution in [1.29, 1.82) is 0 Å². The van der Waals surface area contributed by atoms with Crippen LogP contribution in [0.4, 0.5) is 10.5 Å². The van der Waals surface area contributed by atoms with E-state index < -0.39 is 6.03 Å². The van der Waals surface area contributed by atoms with Crippen LogP contribution in [0.2, 0.25) is 0 Å². The number of anilines is 1. The second-order valence-corrected chi connectivity index (χ2v) is 6.80. The summed E-state index contributed by atoms with van der Waals surface area (Å²) in [6, 6.07) is 8.77. The predicted molar refractivity (Wildman–Crippen MR) is 110 cm³/mol. The summed E-state index contributed by atoms with van der Waals surface area (Å²) in [6.45, 7) is 7.89. The number of aryl methyl sites for hydroxylation is 4. The molecule has 9 heteroatoms. The minimum Gasteiger partial charge on any atom is -0.472 e. The number of nitrogens with one attached hydrogen (secondary N) is 1. The molecule has 0 saturated heterocycles. The van der Waals surface area contributed by atoms with E-state index in [-0.39, 0.29) is 6.61 Å². The molecule has 9 nitrogen and oxygen atoms in total. The lowest BCUT2D eigenvalue weighted by molar-refractivity contribution is 0.246. The van der Waals surface area contributed by atoms with E-state index >= 15 is 0 Å². The van der Waals surface area contributed by atoms with Crippen LogP contribution in [0.5, 0.6) is 5.88 Å². The van der Waals surface area contributed by atoms with Gasteiger partial charge in [0.2, 0.25) is 5.88 Å². The van der Waals surface area contributed by atoms with Gasteiger partial charge < -0.3 is 4.74 Å². The van der Waals surface area contributed by atoms with Crippen molar-refractivity contribution >= 4 is 11.7 Å². The summed E-state index contributed by atoms with van der Waals surface area (Å²) >= 11 is 0. The van der Waals surface area contributed by atoms with Gasteiger partial charge in [-0.2, -0.15) is 5.10 Å². The maximum absolute atomic E-state index is 11.8. The van der Waals surface area contributed by atoms with E-state index in [0.29, 0.717) is 11.6 Å². The van der Waals surface area contributed by atoms with Crippen molar-refractivity contribution in [3.8, 4) is 11.6 Å². The lowest BCUT2D eigenvalue weighted by atomic mass is 10.1. The molecule has 0 spiro atoms. The van der Waals surface area contributed by atoms with E-state index in [1.807, 2.05) is 63.6 Å². The molecule has 2 amide bonds. The van der Waals surface area contributed by atoms with E-state index in [1.54, 1.807) is 10.7 Å². The van der Waals surface area contributed by atoms with Gasteiger partial charge in [0.15, 0.2) is 0 Å². The number of rotatable bonds is 5. The fourth-order valence-corrected chi connectivity index (χ4v) is 3.02. The van der Waals surface area contributed by atoms with Crippen LogP contribution >= 0.6 is 0 Å². The molecule has 152 valence electrons. The highest BCUT2D eigenvalue weighted by Gasteiger charge is 2.17. The van der Waals surface area contributed by atoms with Crippen molar-refractivity contribution in [3.63, 3.8) is 0 Å². The van der Waals surface area contributed by atoms with E-state index in [4.69, 9.17) is 16.4 Å². The van der Waals surface area contributed by atoms with Gasteiger partial charge in [-0.1, -0.05) is 12.1 Å². The molecule has 0 bridgehead atoms. The predicted octanol–water partition coefficient (Wildman–Crippen LogP) is 2.34. The third-order valence-corrected chi connectivity index (χ3v) is 4.64. The smallest absolute Gasteiger partial charge is 0.350 e. The molecule has 0 aliphatic rings.